The molecule has 0 unspecified atom stereocenters. The first-order chi connectivity index (χ1) is 5.61. The highest BCUT2D eigenvalue weighted by Crippen LogP contribution is 1.90. The zero-order valence-electron chi connectivity index (χ0n) is 6.49. The molecule has 1 amide bonds. The van der Waals surface area contributed by atoms with Crippen LogP contribution in [-0.4, -0.2) is 34.7 Å². The molecule has 0 aliphatic rings. The Kier molecular flexibility index (Phi) is 4.71. The van der Waals surface area contributed by atoms with Crippen LogP contribution in [0.2, 0.25) is 0 Å². The Morgan fingerprint density at radius 1 is 1.58 bits per heavy atom. The minimum Gasteiger partial charge on any atom is -0.480 e. The molecule has 0 aromatic rings. The van der Waals surface area contributed by atoms with Crippen molar-refractivity contribution in [1.82, 2.24) is 5.32 Å². The zero-order chi connectivity index (χ0) is 9.56. The van der Waals surface area contributed by atoms with Crippen LogP contribution >= 0.6 is 0 Å². The number of hydrogen-bond acceptors (Lipinski definition) is 3. The van der Waals surface area contributed by atoms with Gasteiger partial charge in [0.15, 0.2) is 0 Å². The second-order valence-corrected chi connectivity index (χ2v) is 2.12. The average Bonchev–Trinajstić information content (AvgIpc) is 2.03. The number of hydrogen-bond donors (Lipinski definition) is 3. The number of carboxylic acids is 1. The van der Waals surface area contributed by atoms with E-state index in [1.54, 1.807) is 0 Å². The summed E-state index contributed by atoms with van der Waals surface area (Å²) in [6, 6.07) is -1.04. The van der Waals surface area contributed by atoms with Crippen LogP contribution in [0.4, 0.5) is 0 Å². The van der Waals surface area contributed by atoms with Gasteiger partial charge in [-0.05, 0) is 6.08 Å². The van der Waals surface area contributed by atoms with Crippen molar-refractivity contribution < 1.29 is 19.8 Å². The molecular formula is C7H11NO4. The number of carbonyl (C=O) groups excluding carboxylic acids is 1. The summed E-state index contributed by atoms with van der Waals surface area (Å²) in [6.45, 7) is 2.88. The van der Waals surface area contributed by atoms with Crippen molar-refractivity contribution in [3.63, 3.8) is 0 Å². The highest BCUT2D eigenvalue weighted by Gasteiger charge is 2.17. The quantitative estimate of drug-likeness (QED) is 0.471. The largest absolute Gasteiger partial charge is 0.480 e. The molecule has 0 aliphatic heterocycles. The number of rotatable bonds is 5. The predicted octanol–water partition coefficient (Wildman–Crippen LogP) is -0.876. The lowest BCUT2D eigenvalue weighted by molar-refractivity contribution is -0.141. The highest BCUT2D eigenvalue weighted by molar-refractivity contribution is 5.90. The highest BCUT2D eigenvalue weighted by atomic mass is 16.4. The lowest BCUT2D eigenvalue weighted by Crippen LogP contribution is -2.40. The van der Waals surface area contributed by atoms with E-state index in [-0.39, 0.29) is 13.0 Å². The molecule has 0 rings (SSSR count). The molecule has 1 atom stereocenters. The summed E-state index contributed by atoms with van der Waals surface area (Å²) in [7, 11) is 0. The molecule has 0 saturated carbocycles. The monoisotopic (exact) mass is 173 g/mol. The SMILES string of the molecule is C=CC(=O)N[C@@H](CCO)C(=O)O. The van der Waals surface area contributed by atoms with E-state index in [1.807, 2.05) is 0 Å². The fourth-order valence-electron chi connectivity index (χ4n) is 0.617. The van der Waals surface area contributed by atoms with Crippen molar-refractivity contribution in [3.05, 3.63) is 12.7 Å². The van der Waals surface area contributed by atoms with Crippen LogP contribution in [0.15, 0.2) is 12.7 Å². The summed E-state index contributed by atoms with van der Waals surface area (Å²) in [5.41, 5.74) is 0. The average molecular weight is 173 g/mol. The molecule has 0 saturated heterocycles. The number of carbonyl (C=O) groups is 2. The fraction of sp³-hybridized carbons (Fsp3) is 0.429. The Hall–Kier alpha value is -1.36. The molecule has 5 heteroatoms. The molecule has 0 bridgehead atoms. The Bertz CT molecular complexity index is 190. The van der Waals surface area contributed by atoms with E-state index in [1.165, 1.54) is 0 Å². The Morgan fingerprint density at radius 3 is 2.50 bits per heavy atom. The summed E-state index contributed by atoms with van der Waals surface area (Å²) in [4.78, 5) is 21.0. The van der Waals surface area contributed by atoms with Crippen molar-refractivity contribution in [3.8, 4) is 0 Å². The van der Waals surface area contributed by atoms with Gasteiger partial charge in [0.25, 0.3) is 0 Å². The van der Waals surface area contributed by atoms with Gasteiger partial charge in [0.2, 0.25) is 5.91 Å². The Balaban J connectivity index is 4.03. The Labute approximate surface area is 69.7 Å². The molecule has 68 valence electrons. The van der Waals surface area contributed by atoms with Gasteiger partial charge in [-0.25, -0.2) is 4.79 Å². The molecule has 5 nitrogen and oxygen atoms in total. The van der Waals surface area contributed by atoms with E-state index in [9.17, 15) is 9.59 Å². The van der Waals surface area contributed by atoms with Gasteiger partial charge < -0.3 is 15.5 Å². The standard InChI is InChI=1S/C7H11NO4/c1-2-6(10)8-5(3-4-9)7(11)12/h2,5,9H,1,3-4H2,(H,8,10)(H,11,12)/t5-/m0/s1. The van der Waals surface area contributed by atoms with Crippen LogP contribution in [0.5, 0.6) is 0 Å². The molecule has 0 aromatic heterocycles. The normalized spacial score (nSPS) is 11.8. The van der Waals surface area contributed by atoms with Crippen LogP contribution in [0.1, 0.15) is 6.42 Å². The summed E-state index contributed by atoms with van der Waals surface area (Å²) in [5.74, 6) is -1.73. The maximum absolute atomic E-state index is 10.6. The molecule has 0 aliphatic carbocycles. The van der Waals surface area contributed by atoms with Gasteiger partial charge in [-0.1, -0.05) is 6.58 Å². The van der Waals surface area contributed by atoms with Crippen LogP contribution < -0.4 is 5.32 Å². The molecule has 0 spiro atoms. The number of carboxylic acid groups (broad SMARTS) is 1. The number of amides is 1. The smallest absolute Gasteiger partial charge is 0.326 e. The van der Waals surface area contributed by atoms with Gasteiger partial charge in [0, 0.05) is 13.0 Å². The van der Waals surface area contributed by atoms with E-state index >= 15 is 0 Å². The molecule has 0 aromatic carbocycles. The van der Waals surface area contributed by atoms with Gasteiger partial charge >= 0.3 is 5.97 Å². The van der Waals surface area contributed by atoms with Crippen molar-refractivity contribution in [2.45, 2.75) is 12.5 Å². The van der Waals surface area contributed by atoms with Gasteiger partial charge in [0.1, 0.15) is 6.04 Å². The molecule has 0 fully saturated rings. The van der Waals surface area contributed by atoms with Gasteiger partial charge in [-0.2, -0.15) is 0 Å². The van der Waals surface area contributed by atoms with E-state index in [0.717, 1.165) is 6.08 Å². The van der Waals surface area contributed by atoms with Crippen molar-refractivity contribution >= 4 is 11.9 Å². The number of aliphatic hydroxyl groups is 1. The fourth-order valence-corrected chi connectivity index (χ4v) is 0.617. The second kappa shape index (κ2) is 5.31. The summed E-state index contributed by atoms with van der Waals surface area (Å²) < 4.78 is 0. The molecule has 3 N–H and O–H groups in total. The van der Waals surface area contributed by atoms with Crippen LogP contribution in [0.25, 0.3) is 0 Å². The zero-order valence-corrected chi connectivity index (χ0v) is 6.49. The number of nitrogens with one attached hydrogen (secondary N) is 1. The topological polar surface area (TPSA) is 86.6 Å². The number of aliphatic carboxylic acids is 1. The van der Waals surface area contributed by atoms with Crippen molar-refractivity contribution in [2.75, 3.05) is 6.61 Å². The Morgan fingerprint density at radius 2 is 2.17 bits per heavy atom. The minimum absolute atomic E-state index is 0.00505. The summed E-state index contributed by atoms with van der Waals surface area (Å²) >= 11 is 0. The summed E-state index contributed by atoms with van der Waals surface area (Å²) in [6.07, 6.45) is 0.974. The van der Waals surface area contributed by atoms with Crippen LogP contribution in [0.3, 0.4) is 0 Å². The van der Waals surface area contributed by atoms with Crippen molar-refractivity contribution in [1.29, 1.82) is 0 Å². The summed E-state index contributed by atoms with van der Waals surface area (Å²) in [5, 5.41) is 19.1. The van der Waals surface area contributed by atoms with Crippen LogP contribution in [-0.2, 0) is 9.59 Å². The third kappa shape index (κ3) is 3.72. The van der Waals surface area contributed by atoms with Crippen molar-refractivity contribution in [2.24, 2.45) is 0 Å². The maximum atomic E-state index is 10.6. The minimum atomic E-state index is -1.17. The second-order valence-electron chi connectivity index (χ2n) is 2.12. The lowest BCUT2D eigenvalue weighted by atomic mass is 10.2. The third-order valence-electron chi connectivity index (χ3n) is 1.22. The molecular weight excluding hydrogens is 162 g/mol. The van der Waals surface area contributed by atoms with E-state index in [0.29, 0.717) is 0 Å². The lowest BCUT2D eigenvalue weighted by Gasteiger charge is -2.10. The first-order valence-corrected chi connectivity index (χ1v) is 3.38. The van der Waals surface area contributed by atoms with Gasteiger partial charge in [0.05, 0.1) is 0 Å². The molecule has 12 heavy (non-hydrogen) atoms. The maximum Gasteiger partial charge on any atom is 0.326 e. The molecule has 0 heterocycles. The third-order valence-corrected chi connectivity index (χ3v) is 1.22. The van der Waals surface area contributed by atoms with Gasteiger partial charge in [-0.15, -0.1) is 0 Å². The molecule has 0 radical (unpaired) electrons. The van der Waals surface area contributed by atoms with Gasteiger partial charge in [-0.3, -0.25) is 4.79 Å². The van der Waals surface area contributed by atoms with E-state index in [2.05, 4.69) is 11.9 Å². The predicted molar refractivity (Wildman–Crippen MR) is 41.5 cm³/mol. The van der Waals surface area contributed by atoms with E-state index < -0.39 is 17.9 Å². The number of aliphatic hydroxyl groups excluding tert-OH is 1. The first kappa shape index (κ1) is 10.6. The van der Waals surface area contributed by atoms with Crippen LogP contribution in [0, 0.1) is 0 Å². The van der Waals surface area contributed by atoms with E-state index in [4.69, 9.17) is 10.2 Å². The first-order valence-electron chi connectivity index (χ1n) is 3.38.